The highest BCUT2D eigenvalue weighted by molar-refractivity contribution is 6.42. The van der Waals surface area contributed by atoms with Gasteiger partial charge < -0.3 is 10.6 Å². The molecular weight excluding hydrogens is 259 g/mol. The van der Waals surface area contributed by atoms with E-state index in [-0.39, 0.29) is 5.91 Å². The van der Waals surface area contributed by atoms with Gasteiger partial charge in [-0.05, 0) is 30.5 Å². The minimum absolute atomic E-state index is 0.0494. The van der Waals surface area contributed by atoms with E-state index in [1.807, 2.05) is 6.07 Å². The molecule has 0 fully saturated rings. The summed E-state index contributed by atoms with van der Waals surface area (Å²) in [5.74, 6) is -0.0494. The molecule has 1 aliphatic heterocycles. The molecule has 1 amide bonds. The number of benzene rings is 1. The zero-order chi connectivity index (χ0) is 12.6. The molecule has 0 saturated heterocycles. The Morgan fingerprint density at radius 2 is 2.18 bits per heavy atom. The number of fused-ring (bicyclic) bond motifs is 1. The number of carbonyl (C=O) groups is 1. The normalized spacial score (nSPS) is 16.6. The first-order valence-electron chi connectivity index (χ1n) is 5.51. The van der Waals surface area contributed by atoms with Gasteiger partial charge in [0.25, 0.3) is 0 Å². The Morgan fingerprint density at radius 1 is 1.47 bits per heavy atom. The monoisotopic (exact) mass is 272 g/mol. The third kappa shape index (κ3) is 2.41. The van der Waals surface area contributed by atoms with Gasteiger partial charge in [-0.3, -0.25) is 4.79 Å². The molecular formula is C12H14Cl2N2O. The third-order valence-corrected chi connectivity index (χ3v) is 3.84. The maximum atomic E-state index is 11.8. The number of halogens is 2. The van der Waals surface area contributed by atoms with Gasteiger partial charge in [-0.15, -0.1) is 0 Å². The average molecular weight is 273 g/mol. The number of nitrogens with two attached hydrogens (primary N) is 1. The van der Waals surface area contributed by atoms with Crippen LogP contribution >= 0.6 is 23.2 Å². The maximum Gasteiger partial charge on any atom is 0.239 e. The molecule has 0 radical (unpaired) electrons. The molecule has 0 aliphatic carbocycles. The van der Waals surface area contributed by atoms with E-state index in [1.54, 1.807) is 17.9 Å². The summed E-state index contributed by atoms with van der Waals surface area (Å²) >= 11 is 12.1. The molecule has 2 N–H and O–H groups in total. The SMILES string of the molecule is CC(N)C(=O)N1CCc2ccc(Cl)c(Cl)c2C1. The second-order valence-corrected chi connectivity index (χ2v) is 5.08. The molecule has 17 heavy (non-hydrogen) atoms. The molecule has 0 spiro atoms. The topological polar surface area (TPSA) is 46.3 Å². The number of hydrogen-bond acceptors (Lipinski definition) is 2. The van der Waals surface area contributed by atoms with Crippen molar-refractivity contribution in [3.63, 3.8) is 0 Å². The van der Waals surface area contributed by atoms with E-state index in [0.29, 0.717) is 23.1 Å². The summed E-state index contributed by atoms with van der Waals surface area (Å²) in [6.45, 7) is 2.87. The first-order chi connectivity index (χ1) is 8.00. The van der Waals surface area contributed by atoms with Crippen LogP contribution in [-0.4, -0.2) is 23.4 Å². The molecule has 3 nitrogen and oxygen atoms in total. The van der Waals surface area contributed by atoms with Crippen LogP contribution < -0.4 is 5.73 Å². The molecule has 0 aromatic heterocycles. The highest BCUT2D eigenvalue weighted by Gasteiger charge is 2.24. The van der Waals surface area contributed by atoms with Crippen molar-refractivity contribution in [1.82, 2.24) is 4.90 Å². The lowest BCUT2D eigenvalue weighted by molar-refractivity contribution is -0.133. The van der Waals surface area contributed by atoms with E-state index < -0.39 is 6.04 Å². The first-order valence-corrected chi connectivity index (χ1v) is 6.26. The zero-order valence-electron chi connectivity index (χ0n) is 9.54. The number of rotatable bonds is 1. The largest absolute Gasteiger partial charge is 0.337 e. The van der Waals surface area contributed by atoms with E-state index in [4.69, 9.17) is 28.9 Å². The molecule has 1 atom stereocenters. The minimum Gasteiger partial charge on any atom is -0.337 e. The zero-order valence-corrected chi connectivity index (χ0v) is 11.1. The summed E-state index contributed by atoms with van der Waals surface area (Å²) < 4.78 is 0. The number of amides is 1. The van der Waals surface area contributed by atoms with Gasteiger partial charge in [0, 0.05) is 13.1 Å². The lowest BCUT2D eigenvalue weighted by Gasteiger charge is -2.30. The van der Waals surface area contributed by atoms with Crippen molar-refractivity contribution >= 4 is 29.1 Å². The van der Waals surface area contributed by atoms with Crippen molar-refractivity contribution in [2.75, 3.05) is 6.54 Å². The fourth-order valence-electron chi connectivity index (χ4n) is 2.04. The van der Waals surface area contributed by atoms with Crippen LogP contribution in [0.5, 0.6) is 0 Å². The van der Waals surface area contributed by atoms with Gasteiger partial charge in [0.2, 0.25) is 5.91 Å². The van der Waals surface area contributed by atoms with Crippen molar-refractivity contribution in [2.24, 2.45) is 5.73 Å². The maximum absolute atomic E-state index is 11.8. The summed E-state index contributed by atoms with van der Waals surface area (Å²) in [5.41, 5.74) is 7.71. The average Bonchev–Trinajstić information content (AvgIpc) is 2.32. The standard InChI is InChI=1S/C12H14Cl2N2O/c1-7(15)12(17)16-5-4-8-2-3-10(13)11(14)9(8)6-16/h2-3,7H,4-6,15H2,1H3. The second-order valence-electron chi connectivity index (χ2n) is 4.30. The fraction of sp³-hybridized carbons (Fsp3) is 0.417. The van der Waals surface area contributed by atoms with Gasteiger partial charge in [0.15, 0.2) is 0 Å². The molecule has 2 rings (SSSR count). The van der Waals surface area contributed by atoms with Gasteiger partial charge in [-0.2, -0.15) is 0 Å². The van der Waals surface area contributed by atoms with Crippen LogP contribution in [0.2, 0.25) is 10.0 Å². The number of hydrogen-bond donors (Lipinski definition) is 1. The second kappa shape index (κ2) is 4.84. The van der Waals surface area contributed by atoms with Crippen molar-refractivity contribution in [3.05, 3.63) is 33.3 Å². The molecule has 1 aliphatic rings. The summed E-state index contributed by atoms with van der Waals surface area (Å²) in [5, 5.41) is 1.08. The molecule has 92 valence electrons. The van der Waals surface area contributed by atoms with Crippen LogP contribution in [0.15, 0.2) is 12.1 Å². The number of carbonyl (C=O) groups excluding carboxylic acids is 1. The van der Waals surface area contributed by atoms with Gasteiger partial charge >= 0.3 is 0 Å². The fourth-order valence-corrected chi connectivity index (χ4v) is 2.46. The molecule has 0 bridgehead atoms. The molecule has 1 unspecified atom stereocenters. The smallest absolute Gasteiger partial charge is 0.239 e. The first kappa shape index (κ1) is 12.7. The molecule has 1 heterocycles. The van der Waals surface area contributed by atoms with Crippen molar-refractivity contribution in [3.8, 4) is 0 Å². The molecule has 0 saturated carbocycles. The van der Waals surface area contributed by atoms with E-state index >= 15 is 0 Å². The van der Waals surface area contributed by atoms with Crippen LogP contribution in [-0.2, 0) is 17.8 Å². The Bertz CT molecular complexity index is 460. The highest BCUT2D eigenvalue weighted by atomic mass is 35.5. The van der Waals surface area contributed by atoms with Crippen LogP contribution in [0.4, 0.5) is 0 Å². The van der Waals surface area contributed by atoms with Gasteiger partial charge in [-0.25, -0.2) is 0 Å². The Balaban J connectivity index is 2.29. The lowest BCUT2D eigenvalue weighted by atomic mass is 9.99. The highest BCUT2D eigenvalue weighted by Crippen LogP contribution is 2.32. The minimum atomic E-state index is -0.477. The van der Waals surface area contributed by atoms with E-state index in [9.17, 15) is 4.79 Å². The van der Waals surface area contributed by atoms with Crippen LogP contribution in [0.3, 0.4) is 0 Å². The molecule has 1 aromatic carbocycles. The summed E-state index contributed by atoms with van der Waals surface area (Å²) in [6.07, 6.45) is 0.796. The van der Waals surface area contributed by atoms with Crippen LogP contribution in [0.1, 0.15) is 18.1 Å². The summed E-state index contributed by atoms with van der Waals surface area (Å²) in [6, 6.07) is 3.29. The summed E-state index contributed by atoms with van der Waals surface area (Å²) in [7, 11) is 0. The van der Waals surface area contributed by atoms with E-state index in [2.05, 4.69) is 0 Å². The molecule has 5 heteroatoms. The summed E-state index contributed by atoms with van der Waals surface area (Å²) in [4.78, 5) is 13.6. The van der Waals surface area contributed by atoms with Crippen molar-refractivity contribution in [1.29, 1.82) is 0 Å². The lowest BCUT2D eigenvalue weighted by Crippen LogP contribution is -2.44. The third-order valence-electron chi connectivity index (χ3n) is 2.99. The van der Waals surface area contributed by atoms with Gasteiger partial charge in [-0.1, -0.05) is 29.3 Å². The van der Waals surface area contributed by atoms with E-state index in [0.717, 1.165) is 17.5 Å². The van der Waals surface area contributed by atoms with Gasteiger partial charge in [0.1, 0.15) is 0 Å². The Labute approximate surface area is 110 Å². The molecule has 1 aromatic rings. The van der Waals surface area contributed by atoms with Crippen LogP contribution in [0.25, 0.3) is 0 Å². The van der Waals surface area contributed by atoms with Crippen LogP contribution in [0, 0.1) is 0 Å². The van der Waals surface area contributed by atoms with Gasteiger partial charge in [0.05, 0.1) is 16.1 Å². The van der Waals surface area contributed by atoms with Crippen molar-refractivity contribution < 1.29 is 4.79 Å². The quantitative estimate of drug-likeness (QED) is 0.852. The van der Waals surface area contributed by atoms with Crippen molar-refractivity contribution in [2.45, 2.75) is 25.9 Å². The predicted molar refractivity (Wildman–Crippen MR) is 69.2 cm³/mol. The number of nitrogens with zero attached hydrogens (tertiary/aromatic N) is 1. The van der Waals surface area contributed by atoms with E-state index in [1.165, 1.54) is 0 Å². The Kier molecular flexibility index (Phi) is 3.61. The Hall–Kier alpha value is -0.770. The predicted octanol–water partition coefficient (Wildman–Crippen LogP) is 2.23. The Morgan fingerprint density at radius 3 is 2.82 bits per heavy atom.